The number of hydrogen-bond donors (Lipinski definition) is 1. The molecule has 10 rings (SSSR count). The van der Waals surface area contributed by atoms with Crippen LogP contribution in [0.4, 0.5) is 17.1 Å². The maximum Gasteiger partial charge on any atom is 0.104 e. The minimum absolute atomic E-state index is 0.237. The van der Waals surface area contributed by atoms with Crippen molar-refractivity contribution in [2.75, 3.05) is 10.2 Å². The van der Waals surface area contributed by atoms with E-state index >= 15 is 0 Å². The van der Waals surface area contributed by atoms with Crippen LogP contribution in [-0.2, 0) is 0 Å². The van der Waals surface area contributed by atoms with E-state index < -0.39 is 0 Å². The van der Waals surface area contributed by atoms with Gasteiger partial charge in [-0.05, 0) is 113 Å². The van der Waals surface area contributed by atoms with Crippen LogP contribution >= 0.6 is 0 Å². The maximum atomic E-state index is 3.70. The predicted octanol–water partition coefficient (Wildman–Crippen LogP) is 13.1. The van der Waals surface area contributed by atoms with E-state index in [9.17, 15) is 0 Å². The monoisotopic (exact) mass is 626 g/mol. The molecule has 1 aliphatic rings. The number of fused-ring (bicyclic) bond motifs is 9. The molecule has 1 heterocycles. The Morgan fingerprint density at radius 3 is 1.41 bits per heavy atom. The molecule has 9 aromatic rings. The summed E-state index contributed by atoms with van der Waals surface area (Å²) < 4.78 is 0. The van der Waals surface area contributed by atoms with Gasteiger partial charge in [-0.1, -0.05) is 140 Å². The van der Waals surface area contributed by atoms with E-state index in [2.05, 4.69) is 181 Å². The molecule has 2 nitrogen and oxygen atoms in total. The first kappa shape index (κ1) is 27.9. The van der Waals surface area contributed by atoms with Crippen molar-refractivity contribution in [2.45, 2.75) is 19.5 Å². The number of benzene rings is 9. The minimum atomic E-state index is 0.237. The molecule has 232 valence electrons. The van der Waals surface area contributed by atoms with Crippen molar-refractivity contribution in [1.82, 2.24) is 0 Å². The van der Waals surface area contributed by atoms with Gasteiger partial charge in [-0.25, -0.2) is 0 Å². The third-order valence-electron chi connectivity index (χ3n) is 10.6. The summed E-state index contributed by atoms with van der Waals surface area (Å²) >= 11 is 0. The molecule has 9 aromatic carbocycles. The van der Waals surface area contributed by atoms with Crippen LogP contribution in [0.25, 0.3) is 76.1 Å². The first-order valence-corrected chi connectivity index (χ1v) is 17.3. The number of para-hydroxylation sites is 2. The standard InChI is InChI=1S/C47H34N2/c1-2-45-48-43-21-11-12-22-44(43)49(45)32-26-23-30(24-27-32)46-38-17-7-9-19-40(38)47(41-20-10-8-18-39(41)46)31-25-28-37-35-15-4-3-13-33(35)34-14-5-6-16-36(34)42(37)29-31/h3-29,45,48H,2H2,1H3. The summed E-state index contributed by atoms with van der Waals surface area (Å²) in [4.78, 5) is 2.44. The Morgan fingerprint density at radius 2 is 0.857 bits per heavy atom. The van der Waals surface area contributed by atoms with Gasteiger partial charge in [0.15, 0.2) is 0 Å². The van der Waals surface area contributed by atoms with E-state index in [0.717, 1.165) is 6.42 Å². The number of hydrogen-bond acceptors (Lipinski definition) is 2. The predicted molar refractivity (Wildman–Crippen MR) is 211 cm³/mol. The molecule has 1 unspecified atom stereocenters. The van der Waals surface area contributed by atoms with E-state index in [1.165, 1.54) is 93.2 Å². The molecule has 1 aliphatic heterocycles. The highest BCUT2D eigenvalue weighted by atomic mass is 15.3. The lowest BCUT2D eigenvalue weighted by molar-refractivity contribution is 0.728. The molecule has 0 spiro atoms. The van der Waals surface area contributed by atoms with E-state index in [4.69, 9.17) is 0 Å². The number of nitrogens with zero attached hydrogens (tertiary/aromatic N) is 1. The molecule has 0 amide bonds. The van der Waals surface area contributed by atoms with Gasteiger partial charge in [0.2, 0.25) is 0 Å². The van der Waals surface area contributed by atoms with E-state index in [-0.39, 0.29) is 6.17 Å². The quantitative estimate of drug-likeness (QED) is 0.154. The van der Waals surface area contributed by atoms with Gasteiger partial charge in [0.1, 0.15) is 6.17 Å². The Hall–Kier alpha value is -6.12. The van der Waals surface area contributed by atoms with Crippen LogP contribution in [0.1, 0.15) is 13.3 Å². The zero-order valence-corrected chi connectivity index (χ0v) is 27.3. The first-order chi connectivity index (χ1) is 24.3. The highest BCUT2D eigenvalue weighted by molar-refractivity contribution is 6.27. The summed E-state index contributed by atoms with van der Waals surface area (Å²) in [6.45, 7) is 2.24. The van der Waals surface area contributed by atoms with Crippen LogP contribution in [0, 0.1) is 0 Å². The van der Waals surface area contributed by atoms with Crippen molar-refractivity contribution < 1.29 is 0 Å². The molecular formula is C47H34N2. The topological polar surface area (TPSA) is 15.3 Å². The zero-order chi connectivity index (χ0) is 32.5. The van der Waals surface area contributed by atoms with Crippen molar-refractivity contribution in [1.29, 1.82) is 0 Å². The molecule has 0 radical (unpaired) electrons. The van der Waals surface area contributed by atoms with Crippen LogP contribution in [0.15, 0.2) is 164 Å². The van der Waals surface area contributed by atoms with Crippen LogP contribution in [-0.4, -0.2) is 6.17 Å². The van der Waals surface area contributed by atoms with Crippen molar-refractivity contribution in [3.05, 3.63) is 164 Å². The Balaban J connectivity index is 1.19. The largest absolute Gasteiger partial charge is 0.363 e. The van der Waals surface area contributed by atoms with Gasteiger partial charge in [-0.3, -0.25) is 0 Å². The molecule has 49 heavy (non-hydrogen) atoms. The van der Waals surface area contributed by atoms with Crippen molar-refractivity contribution in [3.63, 3.8) is 0 Å². The minimum Gasteiger partial charge on any atom is -0.363 e. The van der Waals surface area contributed by atoms with Gasteiger partial charge < -0.3 is 10.2 Å². The van der Waals surface area contributed by atoms with Crippen LogP contribution in [0.2, 0.25) is 0 Å². The second kappa shape index (κ2) is 11.0. The molecule has 0 aliphatic carbocycles. The van der Waals surface area contributed by atoms with Crippen molar-refractivity contribution >= 4 is 70.9 Å². The summed E-state index contributed by atoms with van der Waals surface area (Å²) in [6, 6.07) is 60.5. The van der Waals surface area contributed by atoms with E-state index in [0.29, 0.717) is 0 Å². The molecule has 1 atom stereocenters. The third kappa shape index (κ3) is 4.20. The third-order valence-corrected chi connectivity index (χ3v) is 10.6. The summed E-state index contributed by atoms with van der Waals surface area (Å²) in [5.74, 6) is 0. The van der Waals surface area contributed by atoms with Crippen LogP contribution in [0.3, 0.4) is 0 Å². The van der Waals surface area contributed by atoms with Gasteiger partial charge in [-0.15, -0.1) is 0 Å². The fourth-order valence-electron chi connectivity index (χ4n) is 8.42. The lowest BCUT2D eigenvalue weighted by atomic mass is 9.85. The van der Waals surface area contributed by atoms with Gasteiger partial charge in [0.25, 0.3) is 0 Å². The maximum absolute atomic E-state index is 3.70. The molecule has 0 saturated heterocycles. The summed E-state index contributed by atoms with van der Waals surface area (Å²) in [6.07, 6.45) is 1.25. The molecule has 1 N–H and O–H groups in total. The summed E-state index contributed by atoms with van der Waals surface area (Å²) in [7, 11) is 0. The molecule has 0 aromatic heterocycles. The SMILES string of the molecule is CCC1Nc2ccccc2N1c1ccc(-c2c3ccccc3c(-c3ccc4c5ccccc5c5ccccc5c4c3)c3ccccc23)cc1. The van der Waals surface area contributed by atoms with Gasteiger partial charge in [0.05, 0.1) is 11.4 Å². The molecule has 0 bridgehead atoms. The summed E-state index contributed by atoms with van der Waals surface area (Å²) in [5, 5.41) is 16.6. The summed E-state index contributed by atoms with van der Waals surface area (Å²) in [5.41, 5.74) is 8.68. The average Bonchev–Trinajstić information content (AvgIpc) is 3.56. The molecule has 0 fully saturated rings. The Kier molecular flexibility index (Phi) is 6.25. The van der Waals surface area contributed by atoms with Gasteiger partial charge >= 0.3 is 0 Å². The highest BCUT2D eigenvalue weighted by Gasteiger charge is 2.28. The van der Waals surface area contributed by atoms with E-state index in [1.54, 1.807) is 0 Å². The first-order valence-electron chi connectivity index (χ1n) is 17.3. The average molecular weight is 627 g/mol. The highest BCUT2D eigenvalue weighted by Crippen LogP contribution is 2.46. The molecular weight excluding hydrogens is 593 g/mol. The second-order valence-electron chi connectivity index (χ2n) is 13.2. The van der Waals surface area contributed by atoms with Gasteiger partial charge in [-0.2, -0.15) is 0 Å². The Morgan fingerprint density at radius 1 is 0.429 bits per heavy atom. The normalized spacial score (nSPS) is 14.2. The molecule has 2 heteroatoms. The van der Waals surface area contributed by atoms with Crippen molar-refractivity contribution in [2.24, 2.45) is 0 Å². The van der Waals surface area contributed by atoms with Crippen LogP contribution < -0.4 is 10.2 Å². The van der Waals surface area contributed by atoms with E-state index in [1.807, 2.05) is 0 Å². The number of rotatable bonds is 4. The lowest BCUT2D eigenvalue weighted by Crippen LogP contribution is -2.30. The smallest absolute Gasteiger partial charge is 0.104 e. The van der Waals surface area contributed by atoms with Crippen molar-refractivity contribution in [3.8, 4) is 22.3 Å². The fraction of sp³-hybridized carbons (Fsp3) is 0.0638. The second-order valence-corrected chi connectivity index (χ2v) is 13.2. The number of nitrogens with one attached hydrogen (secondary N) is 1. The lowest BCUT2D eigenvalue weighted by Gasteiger charge is -2.26. The zero-order valence-electron chi connectivity index (χ0n) is 27.3. The van der Waals surface area contributed by atoms with Crippen LogP contribution in [0.5, 0.6) is 0 Å². The van der Waals surface area contributed by atoms with Gasteiger partial charge in [0, 0.05) is 5.69 Å². The Bertz CT molecular complexity index is 2650. The molecule has 0 saturated carbocycles. The fourth-order valence-corrected chi connectivity index (χ4v) is 8.42. The Labute approximate surface area is 285 Å². The number of anilines is 3.